The van der Waals surface area contributed by atoms with Gasteiger partial charge in [-0.25, -0.2) is 0 Å². The molecular formula is C16H22N2S. The first-order valence-electron chi connectivity index (χ1n) is 6.75. The predicted octanol–water partition coefficient (Wildman–Crippen LogP) is 4.36. The van der Waals surface area contributed by atoms with Crippen molar-refractivity contribution in [1.29, 1.82) is 0 Å². The van der Waals surface area contributed by atoms with Crippen LogP contribution in [0, 0.1) is 0 Å². The molecule has 1 unspecified atom stereocenters. The molecule has 0 saturated carbocycles. The standard InChI is InChI=1S/C16H22N2S/c1-4-15(17)13-7-9-14(10-8-13)18(3)12(2)16-6-5-11-19-16/h5-12,15H,4,17H2,1-3H3/t12?,15-/m1/s1. The highest BCUT2D eigenvalue weighted by molar-refractivity contribution is 7.10. The number of rotatable bonds is 5. The number of thiophene rings is 1. The van der Waals surface area contributed by atoms with Crippen LogP contribution in [-0.4, -0.2) is 7.05 Å². The Kier molecular flexibility index (Phi) is 4.61. The third kappa shape index (κ3) is 3.17. The smallest absolute Gasteiger partial charge is 0.0603 e. The molecule has 0 aliphatic heterocycles. The lowest BCUT2D eigenvalue weighted by Crippen LogP contribution is -2.20. The van der Waals surface area contributed by atoms with Crippen LogP contribution in [0.1, 0.15) is 42.8 Å². The second-order valence-electron chi connectivity index (χ2n) is 4.91. The van der Waals surface area contributed by atoms with E-state index < -0.39 is 0 Å². The molecule has 102 valence electrons. The summed E-state index contributed by atoms with van der Waals surface area (Å²) in [6, 6.07) is 13.4. The number of hydrogen-bond donors (Lipinski definition) is 1. The molecule has 2 aromatic rings. The molecule has 1 aromatic carbocycles. The van der Waals surface area contributed by atoms with Crippen LogP contribution in [0.25, 0.3) is 0 Å². The molecule has 0 radical (unpaired) electrons. The topological polar surface area (TPSA) is 29.3 Å². The highest BCUT2D eigenvalue weighted by atomic mass is 32.1. The Bertz CT molecular complexity index is 490. The molecule has 2 atom stereocenters. The van der Waals surface area contributed by atoms with Crippen LogP contribution in [0.2, 0.25) is 0 Å². The van der Waals surface area contributed by atoms with Gasteiger partial charge in [0, 0.05) is 23.7 Å². The van der Waals surface area contributed by atoms with Crippen molar-refractivity contribution in [3.63, 3.8) is 0 Å². The Labute approximate surface area is 119 Å². The van der Waals surface area contributed by atoms with Crippen molar-refractivity contribution in [2.75, 3.05) is 11.9 Å². The summed E-state index contributed by atoms with van der Waals surface area (Å²) in [5, 5.41) is 2.13. The van der Waals surface area contributed by atoms with Gasteiger partial charge in [0.1, 0.15) is 0 Å². The Hall–Kier alpha value is -1.32. The van der Waals surface area contributed by atoms with Crippen molar-refractivity contribution in [2.24, 2.45) is 5.73 Å². The van der Waals surface area contributed by atoms with Gasteiger partial charge in [0.15, 0.2) is 0 Å². The van der Waals surface area contributed by atoms with E-state index in [1.807, 2.05) is 0 Å². The number of anilines is 1. The maximum Gasteiger partial charge on any atom is 0.0603 e. The fraction of sp³-hybridized carbons (Fsp3) is 0.375. The van der Waals surface area contributed by atoms with E-state index in [1.165, 1.54) is 16.1 Å². The minimum Gasteiger partial charge on any atom is -0.367 e. The van der Waals surface area contributed by atoms with Crippen molar-refractivity contribution in [3.05, 3.63) is 52.2 Å². The van der Waals surface area contributed by atoms with Gasteiger partial charge in [-0.15, -0.1) is 11.3 Å². The Morgan fingerprint density at radius 3 is 2.42 bits per heavy atom. The molecular weight excluding hydrogens is 252 g/mol. The zero-order valence-corrected chi connectivity index (χ0v) is 12.7. The van der Waals surface area contributed by atoms with Crippen LogP contribution in [0.15, 0.2) is 41.8 Å². The van der Waals surface area contributed by atoms with E-state index in [2.05, 4.69) is 67.6 Å². The number of nitrogens with two attached hydrogens (primary N) is 1. The van der Waals surface area contributed by atoms with Crippen LogP contribution in [-0.2, 0) is 0 Å². The first kappa shape index (κ1) is 14.1. The van der Waals surface area contributed by atoms with E-state index in [1.54, 1.807) is 11.3 Å². The molecule has 0 aliphatic rings. The monoisotopic (exact) mass is 274 g/mol. The normalized spacial score (nSPS) is 14.1. The summed E-state index contributed by atoms with van der Waals surface area (Å²) in [4.78, 5) is 3.68. The fourth-order valence-corrected chi connectivity index (χ4v) is 2.96. The van der Waals surface area contributed by atoms with E-state index in [9.17, 15) is 0 Å². The summed E-state index contributed by atoms with van der Waals surface area (Å²) in [7, 11) is 2.14. The third-order valence-electron chi connectivity index (χ3n) is 3.70. The van der Waals surface area contributed by atoms with E-state index in [-0.39, 0.29) is 6.04 Å². The maximum absolute atomic E-state index is 6.05. The summed E-state index contributed by atoms with van der Waals surface area (Å²) < 4.78 is 0. The van der Waals surface area contributed by atoms with Crippen LogP contribution in [0.4, 0.5) is 5.69 Å². The van der Waals surface area contributed by atoms with Crippen LogP contribution >= 0.6 is 11.3 Å². The highest BCUT2D eigenvalue weighted by Crippen LogP contribution is 2.28. The van der Waals surface area contributed by atoms with E-state index in [0.29, 0.717) is 6.04 Å². The lowest BCUT2D eigenvalue weighted by atomic mass is 10.0. The summed E-state index contributed by atoms with van der Waals surface area (Å²) >= 11 is 1.80. The van der Waals surface area contributed by atoms with E-state index in [0.717, 1.165) is 6.42 Å². The fourth-order valence-electron chi connectivity index (χ4n) is 2.14. The molecule has 3 heteroatoms. The third-order valence-corrected chi connectivity index (χ3v) is 4.75. The van der Waals surface area contributed by atoms with Gasteiger partial charge in [0.25, 0.3) is 0 Å². The minimum absolute atomic E-state index is 0.147. The summed E-state index contributed by atoms with van der Waals surface area (Å²) in [5.41, 5.74) is 8.49. The Balaban J connectivity index is 2.13. The van der Waals surface area contributed by atoms with Gasteiger partial charge in [-0.1, -0.05) is 25.1 Å². The second-order valence-corrected chi connectivity index (χ2v) is 5.89. The Morgan fingerprint density at radius 2 is 1.89 bits per heavy atom. The summed E-state index contributed by atoms with van der Waals surface area (Å²) in [6.45, 7) is 4.35. The molecule has 0 bridgehead atoms. The molecule has 1 heterocycles. The molecule has 19 heavy (non-hydrogen) atoms. The average molecular weight is 274 g/mol. The quantitative estimate of drug-likeness (QED) is 0.878. The molecule has 1 aromatic heterocycles. The predicted molar refractivity (Wildman–Crippen MR) is 84.8 cm³/mol. The molecule has 2 rings (SSSR count). The first-order valence-corrected chi connectivity index (χ1v) is 7.63. The van der Waals surface area contributed by atoms with Gasteiger partial charge in [-0.2, -0.15) is 0 Å². The van der Waals surface area contributed by atoms with Crippen molar-refractivity contribution in [1.82, 2.24) is 0 Å². The average Bonchev–Trinajstić information content (AvgIpc) is 2.99. The van der Waals surface area contributed by atoms with Gasteiger partial charge in [-0.3, -0.25) is 0 Å². The SMILES string of the molecule is CC[C@@H](N)c1ccc(N(C)C(C)c2cccs2)cc1. The minimum atomic E-state index is 0.147. The lowest BCUT2D eigenvalue weighted by Gasteiger charge is -2.26. The zero-order valence-electron chi connectivity index (χ0n) is 11.8. The lowest BCUT2D eigenvalue weighted by molar-refractivity contribution is 0.697. The number of nitrogens with zero attached hydrogens (tertiary/aromatic N) is 1. The molecule has 0 saturated heterocycles. The van der Waals surface area contributed by atoms with E-state index in [4.69, 9.17) is 5.73 Å². The molecule has 0 spiro atoms. The Morgan fingerprint density at radius 1 is 1.21 bits per heavy atom. The van der Waals surface area contributed by atoms with Gasteiger partial charge in [0.05, 0.1) is 6.04 Å². The van der Waals surface area contributed by atoms with E-state index >= 15 is 0 Å². The highest BCUT2D eigenvalue weighted by Gasteiger charge is 2.13. The van der Waals surface area contributed by atoms with Crippen molar-refractivity contribution < 1.29 is 0 Å². The largest absolute Gasteiger partial charge is 0.367 e. The van der Waals surface area contributed by atoms with Gasteiger partial charge < -0.3 is 10.6 Å². The van der Waals surface area contributed by atoms with Crippen LogP contribution in [0.3, 0.4) is 0 Å². The molecule has 0 fully saturated rings. The van der Waals surface area contributed by atoms with Crippen molar-refractivity contribution in [3.8, 4) is 0 Å². The number of hydrogen-bond acceptors (Lipinski definition) is 3. The van der Waals surface area contributed by atoms with Gasteiger partial charge in [-0.05, 0) is 42.5 Å². The first-order chi connectivity index (χ1) is 9.13. The maximum atomic E-state index is 6.05. The molecule has 0 amide bonds. The molecule has 2 N–H and O–H groups in total. The van der Waals surface area contributed by atoms with Crippen LogP contribution in [0.5, 0.6) is 0 Å². The van der Waals surface area contributed by atoms with Gasteiger partial charge >= 0.3 is 0 Å². The summed E-state index contributed by atoms with van der Waals surface area (Å²) in [5.74, 6) is 0. The van der Waals surface area contributed by atoms with Crippen molar-refractivity contribution in [2.45, 2.75) is 32.4 Å². The second kappa shape index (κ2) is 6.22. The number of benzene rings is 1. The van der Waals surface area contributed by atoms with Crippen LogP contribution < -0.4 is 10.6 Å². The molecule has 2 nitrogen and oxygen atoms in total. The van der Waals surface area contributed by atoms with Gasteiger partial charge in [0.2, 0.25) is 0 Å². The summed E-state index contributed by atoms with van der Waals surface area (Å²) in [6.07, 6.45) is 0.973. The van der Waals surface area contributed by atoms with Crippen molar-refractivity contribution >= 4 is 17.0 Å². The zero-order chi connectivity index (χ0) is 13.8. The molecule has 0 aliphatic carbocycles.